The Bertz CT molecular complexity index is 273. The van der Waals surface area contributed by atoms with Crippen molar-refractivity contribution in [2.24, 2.45) is 5.73 Å². The molecule has 0 saturated heterocycles. The Hall–Kier alpha value is -1.56. The molecule has 4 N–H and O–H groups in total. The third-order valence-corrected chi connectivity index (χ3v) is 1.79. The molecule has 0 radical (unpaired) electrons. The summed E-state index contributed by atoms with van der Waals surface area (Å²) in [4.78, 5) is 10.2. The predicted molar refractivity (Wildman–Crippen MR) is 50.5 cm³/mol. The summed E-state index contributed by atoms with van der Waals surface area (Å²) in [6, 6.07) is 2.03. The summed E-state index contributed by atoms with van der Waals surface area (Å²) >= 11 is 0. The first kappa shape index (κ1) is 10.5. The van der Waals surface area contributed by atoms with Crippen molar-refractivity contribution in [1.82, 2.24) is 15.5 Å². The molecule has 0 aliphatic rings. The van der Waals surface area contributed by atoms with E-state index in [4.69, 9.17) is 5.73 Å². The van der Waals surface area contributed by atoms with Crippen LogP contribution in [-0.4, -0.2) is 29.4 Å². The summed E-state index contributed by atoms with van der Waals surface area (Å²) in [5.74, 6) is 0. The van der Waals surface area contributed by atoms with Gasteiger partial charge < -0.3 is 15.8 Å². The van der Waals surface area contributed by atoms with Crippen LogP contribution in [0.3, 0.4) is 0 Å². The lowest BCUT2D eigenvalue weighted by atomic mass is 10.2. The van der Waals surface area contributed by atoms with Crippen LogP contribution in [0.4, 0.5) is 4.79 Å². The van der Waals surface area contributed by atoms with Crippen LogP contribution in [0.15, 0.2) is 12.3 Å². The van der Waals surface area contributed by atoms with Crippen molar-refractivity contribution in [1.29, 1.82) is 0 Å². The molecule has 1 heterocycles. The number of nitrogens with zero attached hydrogens (tertiary/aromatic N) is 1. The molecule has 0 spiro atoms. The molecule has 1 aromatic rings. The van der Waals surface area contributed by atoms with E-state index in [9.17, 15) is 4.79 Å². The topological polar surface area (TPSA) is 93.0 Å². The molecule has 0 aromatic carbocycles. The maximum atomic E-state index is 10.2. The van der Waals surface area contributed by atoms with E-state index in [0.29, 0.717) is 6.54 Å². The Morgan fingerprint density at radius 1 is 1.86 bits per heavy atom. The van der Waals surface area contributed by atoms with Crippen molar-refractivity contribution in [2.75, 3.05) is 13.2 Å². The molecule has 0 saturated carbocycles. The number of hydrogen-bond donors (Lipinski definition) is 3. The number of aromatic amines is 1. The molecule has 1 atom stereocenters. The zero-order chi connectivity index (χ0) is 10.4. The van der Waals surface area contributed by atoms with Crippen LogP contribution < -0.4 is 11.1 Å². The first-order chi connectivity index (χ1) is 6.70. The average Bonchev–Trinajstić information content (AvgIpc) is 2.64. The Morgan fingerprint density at radius 3 is 3.21 bits per heavy atom. The number of nitrogens with one attached hydrogen (secondary N) is 2. The molecule has 78 valence electrons. The second-order valence-electron chi connectivity index (χ2n) is 2.86. The second-order valence-corrected chi connectivity index (χ2v) is 2.86. The fourth-order valence-electron chi connectivity index (χ4n) is 1.04. The van der Waals surface area contributed by atoms with Gasteiger partial charge in [-0.15, -0.1) is 0 Å². The van der Waals surface area contributed by atoms with Crippen molar-refractivity contribution in [3.05, 3.63) is 18.0 Å². The van der Waals surface area contributed by atoms with Gasteiger partial charge in [0, 0.05) is 18.8 Å². The lowest BCUT2D eigenvalue weighted by Crippen LogP contribution is -2.26. The molecule has 1 rings (SSSR count). The monoisotopic (exact) mass is 198 g/mol. The molecule has 6 nitrogen and oxygen atoms in total. The SMILES string of the molecule is CC(NCCOC(N)=O)c1ccn[nH]1. The smallest absolute Gasteiger partial charge is 0.404 e. The maximum absolute atomic E-state index is 10.2. The number of carbonyl (C=O) groups is 1. The Morgan fingerprint density at radius 2 is 2.64 bits per heavy atom. The second kappa shape index (κ2) is 5.23. The minimum atomic E-state index is -0.749. The molecule has 1 amide bonds. The summed E-state index contributed by atoms with van der Waals surface area (Å²) in [6.07, 6.45) is 0.939. The lowest BCUT2D eigenvalue weighted by molar-refractivity contribution is 0.156. The van der Waals surface area contributed by atoms with Crippen molar-refractivity contribution in [3.63, 3.8) is 0 Å². The Labute approximate surface area is 81.8 Å². The number of H-pyrrole nitrogens is 1. The summed E-state index contributed by atoms with van der Waals surface area (Å²) in [5.41, 5.74) is 5.79. The molecule has 6 heteroatoms. The number of primary amides is 1. The van der Waals surface area contributed by atoms with Gasteiger partial charge in [-0.25, -0.2) is 4.79 Å². The first-order valence-electron chi connectivity index (χ1n) is 4.35. The van der Waals surface area contributed by atoms with Crippen molar-refractivity contribution < 1.29 is 9.53 Å². The van der Waals surface area contributed by atoms with Gasteiger partial charge in [0.05, 0.1) is 5.69 Å². The first-order valence-corrected chi connectivity index (χ1v) is 4.35. The van der Waals surface area contributed by atoms with E-state index in [1.165, 1.54) is 0 Å². The molecular formula is C8H14N4O2. The number of aromatic nitrogens is 2. The Balaban J connectivity index is 2.16. The summed E-state index contributed by atoms with van der Waals surface area (Å²) in [7, 11) is 0. The number of amides is 1. The van der Waals surface area contributed by atoms with Gasteiger partial charge >= 0.3 is 6.09 Å². The van der Waals surface area contributed by atoms with Gasteiger partial charge in [-0.3, -0.25) is 5.10 Å². The van der Waals surface area contributed by atoms with E-state index in [2.05, 4.69) is 20.3 Å². The fraction of sp³-hybridized carbons (Fsp3) is 0.500. The van der Waals surface area contributed by atoms with E-state index >= 15 is 0 Å². The number of rotatable bonds is 5. The quantitative estimate of drug-likeness (QED) is 0.587. The van der Waals surface area contributed by atoms with Gasteiger partial charge in [0.2, 0.25) is 0 Å². The summed E-state index contributed by atoms with van der Waals surface area (Å²) in [5, 5.41) is 9.81. The summed E-state index contributed by atoms with van der Waals surface area (Å²) in [6.45, 7) is 2.81. The highest BCUT2D eigenvalue weighted by atomic mass is 16.5. The van der Waals surface area contributed by atoms with Gasteiger partial charge in [-0.2, -0.15) is 5.10 Å². The van der Waals surface area contributed by atoms with Crippen LogP contribution in [-0.2, 0) is 4.74 Å². The number of nitrogens with two attached hydrogens (primary N) is 1. The highest BCUT2D eigenvalue weighted by Gasteiger charge is 2.04. The van der Waals surface area contributed by atoms with Crippen molar-refractivity contribution in [2.45, 2.75) is 13.0 Å². The third-order valence-electron chi connectivity index (χ3n) is 1.79. The van der Waals surface area contributed by atoms with Crippen molar-refractivity contribution in [3.8, 4) is 0 Å². The van der Waals surface area contributed by atoms with E-state index in [1.54, 1.807) is 6.20 Å². The largest absolute Gasteiger partial charge is 0.448 e. The van der Waals surface area contributed by atoms with Gasteiger partial charge in [0.15, 0.2) is 0 Å². The lowest BCUT2D eigenvalue weighted by Gasteiger charge is -2.11. The molecule has 1 aromatic heterocycles. The van der Waals surface area contributed by atoms with E-state index in [-0.39, 0.29) is 12.6 Å². The van der Waals surface area contributed by atoms with Gasteiger partial charge in [-0.05, 0) is 13.0 Å². The highest BCUT2D eigenvalue weighted by Crippen LogP contribution is 2.05. The molecule has 0 fully saturated rings. The normalized spacial score (nSPS) is 12.4. The summed E-state index contributed by atoms with van der Waals surface area (Å²) < 4.78 is 4.56. The van der Waals surface area contributed by atoms with Crippen LogP contribution in [0, 0.1) is 0 Å². The van der Waals surface area contributed by atoms with E-state index in [1.807, 2.05) is 13.0 Å². The van der Waals surface area contributed by atoms with Gasteiger partial charge in [0.25, 0.3) is 0 Å². The van der Waals surface area contributed by atoms with Crippen LogP contribution in [0.1, 0.15) is 18.7 Å². The molecule has 0 bridgehead atoms. The van der Waals surface area contributed by atoms with Crippen LogP contribution in [0.5, 0.6) is 0 Å². The number of hydrogen-bond acceptors (Lipinski definition) is 4. The molecule has 1 unspecified atom stereocenters. The zero-order valence-electron chi connectivity index (χ0n) is 7.99. The number of ether oxygens (including phenoxy) is 1. The minimum absolute atomic E-state index is 0.147. The highest BCUT2D eigenvalue weighted by molar-refractivity contribution is 5.64. The van der Waals surface area contributed by atoms with Gasteiger partial charge in [0.1, 0.15) is 6.61 Å². The molecule has 0 aliphatic carbocycles. The van der Waals surface area contributed by atoms with Crippen LogP contribution in [0.25, 0.3) is 0 Å². The van der Waals surface area contributed by atoms with E-state index in [0.717, 1.165) is 5.69 Å². The fourth-order valence-corrected chi connectivity index (χ4v) is 1.04. The Kier molecular flexibility index (Phi) is 3.93. The standard InChI is InChI=1S/C8H14N4O2/c1-6(7-2-3-11-12-7)10-4-5-14-8(9)13/h2-3,6,10H,4-5H2,1H3,(H2,9,13)(H,11,12). The predicted octanol–water partition coefficient (Wildman–Crippen LogP) is 0.156. The van der Waals surface area contributed by atoms with Crippen LogP contribution in [0.2, 0.25) is 0 Å². The molecular weight excluding hydrogens is 184 g/mol. The third kappa shape index (κ3) is 3.44. The minimum Gasteiger partial charge on any atom is -0.448 e. The molecule has 0 aliphatic heterocycles. The van der Waals surface area contributed by atoms with E-state index < -0.39 is 6.09 Å². The zero-order valence-corrected chi connectivity index (χ0v) is 7.99. The maximum Gasteiger partial charge on any atom is 0.404 e. The number of carbonyl (C=O) groups excluding carboxylic acids is 1. The molecule has 14 heavy (non-hydrogen) atoms. The average molecular weight is 198 g/mol. The van der Waals surface area contributed by atoms with Crippen LogP contribution >= 0.6 is 0 Å². The van der Waals surface area contributed by atoms with Crippen molar-refractivity contribution >= 4 is 6.09 Å². The van der Waals surface area contributed by atoms with Gasteiger partial charge in [-0.1, -0.05) is 0 Å².